The first kappa shape index (κ1) is 27.8. The number of rotatable bonds is 14. The Hall–Kier alpha value is -3.42. The van der Waals surface area contributed by atoms with Crippen LogP contribution in [0.5, 0.6) is 17.2 Å². The van der Waals surface area contributed by atoms with Gasteiger partial charge in [0.25, 0.3) is 0 Å². The van der Waals surface area contributed by atoms with Crippen molar-refractivity contribution in [3.8, 4) is 17.2 Å². The zero-order valence-corrected chi connectivity index (χ0v) is 21.3. The molecule has 2 rings (SSSR count). The number of anilines is 1. The molecule has 0 spiro atoms. The third-order valence-corrected chi connectivity index (χ3v) is 5.73. The molecule has 1 atom stereocenters. The summed E-state index contributed by atoms with van der Waals surface area (Å²) in [5.41, 5.74) is 0.111. The first-order valence-corrected chi connectivity index (χ1v) is 12.0. The number of methoxy groups -OCH3 is 2. The monoisotopic (exact) mass is 486 g/mol. The minimum atomic E-state index is -1.34. The standard InChI is InChI=1S/C27H38N2O6/c1-6-7-8-9-10-11-22(19-12-14-20(15-13-19)35-27(2,3)25(30)31)28-26(32)29-23-17-16-21(33-4)18-24(23)34-5/h12-18,22H,6-11H2,1-5H3,(H,30,31)(H2,28,29,32). The quantitative estimate of drug-likeness (QED) is 0.276. The summed E-state index contributed by atoms with van der Waals surface area (Å²) in [7, 11) is 3.10. The predicted molar refractivity (Wildman–Crippen MR) is 137 cm³/mol. The van der Waals surface area contributed by atoms with E-state index in [0.717, 1.165) is 31.2 Å². The zero-order chi connectivity index (χ0) is 25.8. The molecule has 0 radical (unpaired) electrons. The van der Waals surface area contributed by atoms with Crippen molar-refractivity contribution in [3.05, 3.63) is 48.0 Å². The number of carboxylic acids is 1. The van der Waals surface area contributed by atoms with Crippen LogP contribution in [0.4, 0.5) is 10.5 Å². The number of hydrogen-bond acceptors (Lipinski definition) is 5. The number of nitrogens with one attached hydrogen (secondary N) is 2. The molecule has 2 amide bonds. The van der Waals surface area contributed by atoms with Gasteiger partial charge in [0.15, 0.2) is 5.60 Å². The van der Waals surface area contributed by atoms with Gasteiger partial charge in [-0.2, -0.15) is 0 Å². The van der Waals surface area contributed by atoms with Gasteiger partial charge < -0.3 is 30.0 Å². The van der Waals surface area contributed by atoms with Crippen LogP contribution < -0.4 is 24.8 Å². The van der Waals surface area contributed by atoms with Gasteiger partial charge in [0, 0.05) is 6.07 Å². The maximum Gasteiger partial charge on any atom is 0.347 e. The predicted octanol–water partition coefficient (Wildman–Crippen LogP) is 6.17. The van der Waals surface area contributed by atoms with Crippen molar-refractivity contribution in [2.24, 2.45) is 0 Å². The summed E-state index contributed by atoms with van der Waals surface area (Å²) < 4.78 is 16.2. The van der Waals surface area contributed by atoms with Crippen LogP contribution in [0.1, 0.15) is 70.9 Å². The molecule has 0 aliphatic carbocycles. The summed E-state index contributed by atoms with van der Waals surface area (Å²) in [5.74, 6) is 0.540. The van der Waals surface area contributed by atoms with E-state index in [1.807, 2.05) is 12.1 Å². The molecule has 0 bridgehead atoms. The lowest BCUT2D eigenvalue weighted by Gasteiger charge is -2.23. The van der Waals surface area contributed by atoms with Gasteiger partial charge >= 0.3 is 12.0 Å². The molecule has 0 fully saturated rings. The Morgan fingerprint density at radius 3 is 2.20 bits per heavy atom. The molecule has 192 valence electrons. The molecule has 35 heavy (non-hydrogen) atoms. The lowest BCUT2D eigenvalue weighted by atomic mass is 9.99. The van der Waals surface area contributed by atoms with E-state index in [4.69, 9.17) is 14.2 Å². The fraction of sp³-hybridized carbons (Fsp3) is 0.481. The summed E-state index contributed by atoms with van der Waals surface area (Å²) in [6, 6.07) is 11.8. The number of aliphatic carboxylic acids is 1. The highest BCUT2D eigenvalue weighted by Gasteiger charge is 2.29. The number of benzene rings is 2. The summed E-state index contributed by atoms with van der Waals surface area (Å²) in [6.07, 6.45) is 6.37. The van der Waals surface area contributed by atoms with E-state index in [0.29, 0.717) is 22.9 Å². The van der Waals surface area contributed by atoms with Gasteiger partial charge in [0.2, 0.25) is 0 Å². The maximum absolute atomic E-state index is 12.9. The number of carboxylic acid groups (broad SMARTS) is 1. The second kappa shape index (κ2) is 13.5. The molecule has 3 N–H and O–H groups in total. The van der Waals surface area contributed by atoms with E-state index >= 15 is 0 Å². The van der Waals surface area contributed by atoms with Gasteiger partial charge in [-0.25, -0.2) is 9.59 Å². The fourth-order valence-electron chi connectivity index (χ4n) is 3.60. The second-order valence-electron chi connectivity index (χ2n) is 8.91. The number of amides is 2. The topological polar surface area (TPSA) is 106 Å². The number of urea groups is 1. The number of ether oxygens (including phenoxy) is 3. The van der Waals surface area contributed by atoms with Crippen LogP contribution in [0.15, 0.2) is 42.5 Å². The van der Waals surface area contributed by atoms with Crippen LogP contribution in [0, 0.1) is 0 Å². The minimum absolute atomic E-state index is 0.220. The SMILES string of the molecule is CCCCCCCC(NC(=O)Nc1ccc(OC)cc1OC)c1ccc(OC(C)(C)C(=O)O)cc1. The van der Waals surface area contributed by atoms with E-state index in [1.54, 1.807) is 37.4 Å². The molecule has 2 aromatic carbocycles. The zero-order valence-electron chi connectivity index (χ0n) is 21.3. The van der Waals surface area contributed by atoms with Crippen molar-refractivity contribution in [2.75, 3.05) is 19.5 Å². The molecule has 0 saturated carbocycles. The highest BCUT2D eigenvalue weighted by molar-refractivity contribution is 5.91. The fourth-order valence-corrected chi connectivity index (χ4v) is 3.60. The van der Waals surface area contributed by atoms with Gasteiger partial charge in [-0.3, -0.25) is 0 Å². The van der Waals surface area contributed by atoms with Crippen molar-refractivity contribution in [3.63, 3.8) is 0 Å². The molecule has 1 unspecified atom stereocenters. The van der Waals surface area contributed by atoms with Crippen molar-refractivity contribution >= 4 is 17.7 Å². The van der Waals surface area contributed by atoms with E-state index in [9.17, 15) is 14.7 Å². The Bertz CT molecular complexity index is 959. The van der Waals surface area contributed by atoms with Crippen LogP contribution in [0.2, 0.25) is 0 Å². The van der Waals surface area contributed by atoms with E-state index < -0.39 is 11.6 Å². The molecule has 2 aromatic rings. The Morgan fingerprint density at radius 2 is 1.60 bits per heavy atom. The summed E-state index contributed by atoms with van der Waals surface area (Å²) in [5, 5.41) is 15.2. The average Bonchev–Trinajstić information content (AvgIpc) is 2.83. The molecular weight excluding hydrogens is 448 g/mol. The Kier molecular flexibility index (Phi) is 10.7. The molecule has 0 heterocycles. The summed E-state index contributed by atoms with van der Waals surface area (Å²) >= 11 is 0. The molecule has 0 aromatic heterocycles. The van der Waals surface area contributed by atoms with Crippen LogP contribution in [0.25, 0.3) is 0 Å². The van der Waals surface area contributed by atoms with Crippen LogP contribution in [-0.2, 0) is 4.79 Å². The normalized spacial score (nSPS) is 11.9. The van der Waals surface area contributed by atoms with Gasteiger partial charge in [-0.1, -0.05) is 51.2 Å². The van der Waals surface area contributed by atoms with Gasteiger partial charge in [0.05, 0.1) is 25.9 Å². The van der Waals surface area contributed by atoms with E-state index in [2.05, 4.69) is 17.6 Å². The van der Waals surface area contributed by atoms with Crippen molar-refractivity contribution < 1.29 is 28.9 Å². The smallest absolute Gasteiger partial charge is 0.347 e. The lowest BCUT2D eigenvalue weighted by molar-refractivity contribution is -0.152. The Balaban J connectivity index is 2.13. The van der Waals surface area contributed by atoms with Crippen LogP contribution in [0.3, 0.4) is 0 Å². The number of hydrogen-bond donors (Lipinski definition) is 3. The molecule has 8 heteroatoms. The number of carbonyl (C=O) groups is 2. The number of unbranched alkanes of at least 4 members (excludes halogenated alkanes) is 4. The molecular formula is C27H38N2O6. The highest BCUT2D eigenvalue weighted by Crippen LogP contribution is 2.30. The molecule has 0 aliphatic rings. The van der Waals surface area contributed by atoms with Crippen LogP contribution >= 0.6 is 0 Å². The van der Waals surface area contributed by atoms with Crippen molar-refractivity contribution in [2.45, 2.75) is 70.9 Å². The highest BCUT2D eigenvalue weighted by atomic mass is 16.5. The lowest BCUT2D eigenvalue weighted by Crippen LogP contribution is -2.37. The average molecular weight is 487 g/mol. The first-order chi connectivity index (χ1) is 16.7. The molecule has 0 aliphatic heterocycles. The minimum Gasteiger partial charge on any atom is -0.497 e. The summed E-state index contributed by atoms with van der Waals surface area (Å²) in [4.78, 5) is 24.2. The van der Waals surface area contributed by atoms with Gasteiger partial charge in [-0.05, 0) is 50.1 Å². The van der Waals surface area contributed by atoms with E-state index in [-0.39, 0.29) is 12.1 Å². The van der Waals surface area contributed by atoms with Gasteiger partial charge in [0.1, 0.15) is 17.2 Å². The molecule has 0 saturated heterocycles. The van der Waals surface area contributed by atoms with Gasteiger partial charge in [-0.15, -0.1) is 0 Å². The largest absolute Gasteiger partial charge is 0.497 e. The number of carbonyl (C=O) groups excluding carboxylic acids is 1. The van der Waals surface area contributed by atoms with Crippen molar-refractivity contribution in [1.29, 1.82) is 0 Å². The third-order valence-electron chi connectivity index (χ3n) is 5.73. The molecule has 8 nitrogen and oxygen atoms in total. The second-order valence-corrected chi connectivity index (χ2v) is 8.91. The Morgan fingerprint density at radius 1 is 0.943 bits per heavy atom. The first-order valence-electron chi connectivity index (χ1n) is 12.0. The van der Waals surface area contributed by atoms with Crippen molar-refractivity contribution in [1.82, 2.24) is 5.32 Å². The Labute approximate surface area is 208 Å². The summed E-state index contributed by atoms with van der Waals surface area (Å²) in [6.45, 7) is 5.18. The maximum atomic E-state index is 12.9. The third kappa shape index (κ3) is 8.70. The van der Waals surface area contributed by atoms with E-state index in [1.165, 1.54) is 33.8 Å². The van der Waals surface area contributed by atoms with Crippen LogP contribution in [-0.4, -0.2) is 36.9 Å².